The Labute approximate surface area is 114 Å². The molecule has 2 heterocycles. The van der Waals surface area contributed by atoms with E-state index in [1.807, 2.05) is 25.7 Å². The predicted molar refractivity (Wildman–Crippen MR) is 76.0 cm³/mol. The van der Waals surface area contributed by atoms with Gasteiger partial charge in [0.25, 0.3) is 5.91 Å². The van der Waals surface area contributed by atoms with Crippen LogP contribution < -0.4 is 5.73 Å². The van der Waals surface area contributed by atoms with Gasteiger partial charge in [-0.2, -0.15) is 5.10 Å². The van der Waals surface area contributed by atoms with Gasteiger partial charge in [0.05, 0.1) is 5.54 Å². The largest absolute Gasteiger partial charge is 0.384 e. The fourth-order valence-electron chi connectivity index (χ4n) is 2.47. The number of nitrogens with two attached hydrogens (primary N) is 1. The number of aromatic nitrogens is 2. The Morgan fingerprint density at radius 1 is 1.21 bits per heavy atom. The van der Waals surface area contributed by atoms with Crippen LogP contribution in [0, 0.1) is 0 Å². The number of amides is 1. The highest BCUT2D eigenvalue weighted by Gasteiger charge is 2.24. The zero-order valence-corrected chi connectivity index (χ0v) is 12.1. The fraction of sp³-hybridized carbons (Fsp3) is 0.714. The summed E-state index contributed by atoms with van der Waals surface area (Å²) >= 11 is 0. The molecule has 1 saturated heterocycles. The number of likely N-dealkylation sites (tertiary alicyclic amines) is 1. The number of hydrogen-bond donors (Lipinski definition) is 1. The molecular formula is C14H24N4O. The van der Waals surface area contributed by atoms with Gasteiger partial charge in [0.15, 0.2) is 5.69 Å². The quantitative estimate of drug-likeness (QED) is 0.846. The summed E-state index contributed by atoms with van der Waals surface area (Å²) in [6.07, 6.45) is 4.59. The summed E-state index contributed by atoms with van der Waals surface area (Å²) in [4.78, 5) is 14.3. The van der Waals surface area contributed by atoms with Gasteiger partial charge in [0.2, 0.25) is 0 Å². The maximum absolute atomic E-state index is 12.4. The third-order valence-corrected chi connectivity index (χ3v) is 3.48. The molecule has 0 radical (unpaired) electrons. The van der Waals surface area contributed by atoms with E-state index in [4.69, 9.17) is 5.73 Å². The van der Waals surface area contributed by atoms with Crippen LogP contribution in [0.25, 0.3) is 0 Å². The molecule has 2 rings (SSSR count). The first kappa shape index (κ1) is 13.9. The molecule has 1 aromatic rings. The molecule has 5 nitrogen and oxygen atoms in total. The molecule has 0 unspecified atom stereocenters. The van der Waals surface area contributed by atoms with Gasteiger partial charge in [-0.05, 0) is 33.6 Å². The van der Waals surface area contributed by atoms with Gasteiger partial charge in [-0.15, -0.1) is 0 Å². The van der Waals surface area contributed by atoms with Crippen molar-refractivity contribution in [2.24, 2.45) is 0 Å². The molecule has 0 atom stereocenters. The van der Waals surface area contributed by atoms with E-state index in [2.05, 4.69) is 5.10 Å². The zero-order valence-electron chi connectivity index (χ0n) is 12.1. The van der Waals surface area contributed by atoms with E-state index in [1.54, 1.807) is 10.7 Å². The summed E-state index contributed by atoms with van der Waals surface area (Å²) in [5, 5.41) is 4.39. The highest BCUT2D eigenvalue weighted by Crippen LogP contribution is 2.20. The normalized spacial score (nSPS) is 17.3. The van der Waals surface area contributed by atoms with Crippen LogP contribution in [0.4, 0.5) is 5.82 Å². The third kappa shape index (κ3) is 3.08. The molecule has 0 spiro atoms. The second kappa shape index (κ2) is 5.23. The van der Waals surface area contributed by atoms with E-state index in [0.717, 1.165) is 25.9 Å². The summed E-state index contributed by atoms with van der Waals surface area (Å²) in [7, 11) is 0. The SMILES string of the molecule is CC(C)(C)n1nc(C(=O)N2CCCCCC2)cc1N. The lowest BCUT2D eigenvalue weighted by Crippen LogP contribution is -2.32. The van der Waals surface area contributed by atoms with Gasteiger partial charge in [-0.3, -0.25) is 4.79 Å². The number of anilines is 1. The maximum Gasteiger partial charge on any atom is 0.274 e. The van der Waals surface area contributed by atoms with Crippen LogP contribution in [0.2, 0.25) is 0 Å². The highest BCUT2D eigenvalue weighted by atomic mass is 16.2. The number of nitrogen functional groups attached to an aromatic ring is 1. The Morgan fingerprint density at radius 3 is 2.26 bits per heavy atom. The first-order valence-electron chi connectivity index (χ1n) is 7.05. The number of nitrogens with zero attached hydrogens (tertiary/aromatic N) is 3. The van der Waals surface area contributed by atoms with Crippen LogP contribution in [0.15, 0.2) is 6.07 Å². The van der Waals surface area contributed by atoms with Gasteiger partial charge in [-0.1, -0.05) is 12.8 Å². The lowest BCUT2D eigenvalue weighted by Gasteiger charge is -2.21. The standard InChI is InChI=1S/C14H24N4O/c1-14(2,3)18-12(15)10-11(16-18)13(19)17-8-6-4-5-7-9-17/h10H,4-9,15H2,1-3H3. The minimum atomic E-state index is -0.207. The molecule has 1 amide bonds. The summed E-state index contributed by atoms with van der Waals surface area (Å²) in [6.45, 7) is 7.74. The second-order valence-electron chi connectivity index (χ2n) is 6.24. The lowest BCUT2D eigenvalue weighted by molar-refractivity contribution is 0.0754. The van der Waals surface area contributed by atoms with E-state index in [0.29, 0.717) is 11.5 Å². The Hall–Kier alpha value is -1.52. The van der Waals surface area contributed by atoms with Crippen molar-refractivity contribution < 1.29 is 4.79 Å². The highest BCUT2D eigenvalue weighted by molar-refractivity contribution is 5.93. The smallest absolute Gasteiger partial charge is 0.274 e. The number of carbonyl (C=O) groups is 1. The van der Waals surface area contributed by atoms with Gasteiger partial charge in [0.1, 0.15) is 5.82 Å². The van der Waals surface area contributed by atoms with Crippen molar-refractivity contribution in [1.82, 2.24) is 14.7 Å². The molecule has 2 N–H and O–H groups in total. The topological polar surface area (TPSA) is 64.2 Å². The van der Waals surface area contributed by atoms with Gasteiger partial charge in [0, 0.05) is 19.2 Å². The minimum absolute atomic E-state index is 0.0107. The van der Waals surface area contributed by atoms with Crippen LogP contribution >= 0.6 is 0 Å². The predicted octanol–water partition coefficient (Wildman–Crippen LogP) is 2.24. The molecule has 1 fully saturated rings. The zero-order chi connectivity index (χ0) is 14.0. The summed E-state index contributed by atoms with van der Waals surface area (Å²) < 4.78 is 1.72. The molecule has 19 heavy (non-hydrogen) atoms. The molecule has 0 aromatic carbocycles. The van der Waals surface area contributed by atoms with Crippen molar-refractivity contribution in [2.75, 3.05) is 18.8 Å². The van der Waals surface area contributed by atoms with Gasteiger partial charge in [-0.25, -0.2) is 4.68 Å². The summed E-state index contributed by atoms with van der Waals surface area (Å²) in [6, 6.07) is 1.69. The molecule has 5 heteroatoms. The van der Waals surface area contributed by atoms with Crippen molar-refractivity contribution in [3.05, 3.63) is 11.8 Å². The molecule has 1 aromatic heterocycles. The van der Waals surface area contributed by atoms with Crippen molar-refractivity contribution in [2.45, 2.75) is 52.0 Å². The maximum atomic E-state index is 12.4. The first-order valence-corrected chi connectivity index (χ1v) is 7.05. The van der Waals surface area contributed by atoms with Crippen molar-refractivity contribution in [3.8, 4) is 0 Å². The fourth-order valence-corrected chi connectivity index (χ4v) is 2.47. The Morgan fingerprint density at radius 2 is 1.79 bits per heavy atom. The monoisotopic (exact) mass is 264 g/mol. The molecule has 1 aliphatic rings. The van der Waals surface area contributed by atoms with E-state index < -0.39 is 0 Å². The molecular weight excluding hydrogens is 240 g/mol. The van der Waals surface area contributed by atoms with E-state index >= 15 is 0 Å². The van der Waals surface area contributed by atoms with Crippen LogP contribution in [-0.4, -0.2) is 33.7 Å². The second-order valence-corrected chi connectivity index (χ2v) is 6.24. The Balaban J connectivity index is 2.19. The molecule has 1 aliphatic heterocycles. The lowest BCUT2D eigenvalue weighted by atomic mass is 10.1. The average molecular weight is 264 g/mol. The molecule has 0 saturated carbocycles. The summed E-state index contributed by atoms with van der Waals surface area (Å²) in [5.41, 5.74) is 6.22. The van der Waals surface area contributed by atoms with Crippen molar-refractivity contribution >= 4 is 11.7 Å². The van der Waals surface area contributed by atoms with Crippen molar-refractivity contribution in [1.29, 1.82) is 0 Å². The van der Waals surface area contributed by atoms with Gasteiger partial charge >= 0.3 is 0 Å². The minimum Gasteiger partial charge on any atom is -0.384 e. The Kier molecular flexibility index (Phi) is 3.83. The van der Waals surface area contributed by atoms with Crippen LogP contribution in [0.3, 0.4) is 0 Å². The van der Waals surface area contributed by atoms with E-state index in [1.165, 1.54) is 12.8 Å². The van der Waals surface area contributed by atoms with Crippen LogP contribution in [0.5, 0.6) is 0 Å². The van der Waals surface area contributed by atoms with Crippen LogP contribution in [0.1, 0.15) is 56.9 Å². The van der Waals surface area contributed by atoms with Gasteiger partial charge < -0.3 is 10.6 Å². The Bertz CT molecular complexity index is 451. The third-order valence-electron chi connectivity index (χ3n) is 3.48. The van der Waals surface area contributed by atoms with E-state index in [9.17, 15) is 4.79 Å². The first-order chi connectivity index (χ1) is 8.89. The van der Waals surface area contributed by atoms with E-state index in [-0.39, 0.29) is 11.4 Å². The molecule has 0 bridgehead atoms. The molecule has 0 aliphatic carbocycles. The number of hydrogen-bond acceptors (Lipinski definition) is 3. The van der Waals surface area contributed by atoms with Crippen molar-refractivity contribution in [3.63, 3.8) is 0 Å². The average Bonchev–Trinajstić information content (AvgIpc) is 2.57. The summed E-state index contributed by atoms with van der Waals surface area (Å²) in [5.74, 6) is 0.558. The molecule has 106 valence electrons. The number of carbonyl (C=O) groups excluding carboxylic acids is 1. The number of rotatable bonds is 1. The van der Waals surface area contributed by atoms with Crippen LogP contribution in [-0.2, 0) is 5.54 Å².